The fourth-order valence-electron chi connectivity index (χ4n) is 3.62. The number of carbonyl (C=O) groups is 1. The second-order valence-corrected chi connectivity index (χ2v) is 8.10. The molecule has 3 nitrogen and oxygen atoms in total. The summed E-state index contributed by atoms with van der Waals surface area (Å²) in [6.45, 7) is 7.31. The highest BCUT2D eigenvalue weighted by atomic mass is 16.5. The van der Waals surface area contributed by atoms with Gasteiger partial charge in [-0.25, -0.2) is 0 Å². The molecule has 0 bridgehead atoms. The highest BCUT2D eigenvalue weighted by Gasteiger charge is 2.27. The standard InChI is InChI=1S/C20H29NO2/c1-20(2,3)16-9-10-18-15(11-16)12-17(23-18)13-21-19(22)14-7-5-4-6-8-14/h9-11,14,17H,4-8,12-13H2,1-3H3,(H,21,22). The lowest BCUT2D eigenvalue weighted by Gasteiger charge is -2.21. The SMILES string of the molecule is CC(C)(C)c1ccc2c(c1)CC(CNC(=O)C1CCCCC1)O2. The van der Waals surface area contributed by atoms with E-state index in [4.69, 9.17) is 4.74 Å². The average Bonchev–Trinajstić information content (AvgIpc) is 2.94. The number of hydrogen-bond donors (Lipinski definition) is 1. The first-order valence-corrected chi connectivity index (χ1v) is 9.01. The van der Waals surface area contributed by atoms with Gasteiger partial charge in [0.15, 0.2) is 0 Å². The van der Waals surface area contributed by atoms with Gasteiger partial charge in [-0.2, -0.15) is 0 Å². The fraction of sp³-hybridized carbons (Fsp3) is 0.650. The van der Waals surface area contributed by atoms with E-state index in [0.29, 0.717) is 6.54 Å². The minimum absolute atomic E-state index is 0.0766. The summed E-state index contributed by atoms with van der Waals surface area (Å²) in [6, 6.07) is 6.50. The molecule has 126 valence electrons. The van der Waals surface area contributed by atoms with Crippen LogP contribution in [0.2, 0.25) is 0 Å². The first-order valence-electron chi connectivity index (χ1n) is 9.01. The van der Waals surface area contributed by atoms with Crippen molar-refractivity contribution >= 4 is 5.91 Å². The lowest BCUT2D eigenvalue weighted by Crippen LogP contribution is -2.38. The van der Waals surface area contributed by atoms with E-state index in [1.54, 1.807) is 0 Å². The molecule has 0 radical (unpaired) electrons. The number of fused-ring (bicyclic) bond motifs is 1. The number of carbonyl (C=O) groups excluding carboxylic acids is 1. The lowest BCUT2D eigenvalue weighted by atomic mass is 9.86. The first-order chi connectivity index (χ1) is 10.9. The third-order valence-corrected chi connectivity index (χ3v) is 5.15. The Kier molecular flexibility index (Phi) is 4.65. The van der Waals surface area contributed by atoms with E-state index in [2.05, 4.69) is 44.3 Å². The molecule has 1 N–H and O–H groups in total. The van der Waals surface area contributed by atoms with Gasteiger partial charge in [0.1, 0.15) is 11.9 Å². The molecule has 1 aliphatic carbocycles. The van der Waals surface area contributed by atoms with Gasteiger partial charge in [-0.05, 0) is 35.4 Å². The summed E-state index contributed by atoms with van der Waals surface area (Å²) in [4.78, 5) is 12.2. The Bertz CT molecular complexity index is 567. The summed E-state index contributed by atoms with van der Waals surface area (Å²) < 4.78 is 6.00. The maximum atomic E-state index is 12.2. The van der Waals surface area contributed by atoms with Crippen LogP contribution in [0.3, 0.4) is 0 Å². The number of amides is 1. The molecule has 0 spiro atoms. The van der Waals surface area contributed by atoms with Gasteiger partial charge in [-0.15, -0.1) is 0 Å². The van der Waals surface area contributed by atoms with Gasteiger partial charge in [-0.3, -0.25) is 4.79 Å². The van der Waals surface area contributed by atoms with Crippen LogP contribution in [-0.4, -0.2) is 18.6 Å². The summed E-state index contributed by atoms with van der Waals surface area (Å²) in [5.74, 6) is 1.43. The molecule has 1 saturated carbocycles. The molecule has 3 heteroatoms. The predicted molar refractivity (Wildman–Crippen MR) is 92.8 cm³/mol. The molecule has 23 heavy (non-hydrogen) atoms. The minimum atomic E-state index is 0.0766. The molecule has 1 fully saturated rings. The van der Waals surface area contributed by atoms with E-state index in [0.717, 1.165) is 25.0 Å². The maximum Gasteiger partial charge on any atom is 0.223 e. The second-order valence-electron chi connectivity index (χ2n) is 8.10. The van der Waals surface area contributed by atoms with Crippen molar-refractivity contribution in [3.8, 4) is 5.75 Å². The third kappa shape index (κ3) is 3.88. The molecule has 1 unspecified atom stereocenters. The molecule has 1 atom stereocenters. The van der Waals surface area contributed by atoms with Gasteiger partial charge in [0, 0.05) is 12.3 Å². The molecule has 1 heterocycles. The van der Waals surface area contributed by atoms with Crippen LogP contribution < -0.4 is 10.1 Å². The zero-order valence-corrected chi connectivity index (χ0v) is 14.7. The molecule has 0 saturated heterocycles. The summed E-state index contributed by atoms with van der Waals surface area (Å²) in [5, 5.41) is 3.11. The van der Waals surface area contributed by atoms with Crippen LogP contribution in [0.5, 0.6) is 5.75 Å². The molecular weight excluding hydrogens is 286 g/mol. The fourth-order valence-corrected chi connectivity index (χ4v) is 3.62. The van der Waals surface area contributed by atoms with Crippen LogP contribution in [0.4, 0.5) is 0 Å². The monoisotopic (exact) mass is 315 g/mol. The van der Waals surface area contributed by atoms with E-state index in [1.807, 2.05) is 0 Å². The van der Waals surface area contributed by atoms with Crippen molar-refractivity contribution in [2.24, 2.45) is 5.92 Å². The number of rotatable bonds is 3. The Labute approximate surface area is 139 Å². The Balaban J connectivity index is 1.54. The van der Waals surface area contributed by atoms with Crippen LogP contribution in [-0.2, 0) is 16.6 Å². The normalized spacial score (nSPS) is 21.6. The maximum absolute atomic E-state index is 12.2. The van der Waals surface area contributed by atoms with Gasteiger partial charge in [0.2, 0.25) is 5.91 Å². The zero-order valence-electron chi connectivity index (χ0n) is 14.7. The van der Waals surface area contributed by atoms with Crippen LogP contribution in [0.15, 0.2) is 18.2 Å². The second kappa shape index (κ2) is 6.54. The Morgan fingerprint density at radius 3 is 2.65 bits per heavy atom. The van der Waals surface area contributed by atoms with Crippen molar-refractivity contribution in [3.05, 3.63) is 29.3 Å². The van der Waals surface area contributed by atoms with Crippen LogP contribution in [0, 0.1) is 5.92 Å². The van der Waals surface area contributed by atoms with Crippen molar-refractivity contribution in [1.29, 1.82) is 0 Å². The van der Waals surface area contributed by atoms with Gasteiger partial charge < -0.3 is 10.1 Å². The minimum Gasteiger partial charge on any atom is -0.488 e. The Hall–Kier alpha value is -1.51. The van der Waals surface area contributed by atoms with Crippen molar-refractivity contribution in [2.75, 3.05) is 6.54 Å². The summed E-state index contributed by atoms with van der Waals surface area (Å²) in [5.41, 5.74) is 2.77. The summed E-state index contributed by atoms with van der Waals surface area (Å²) in [6.07, 6.45) is 6.73. The molecule has 1 aromatic carbocycles. The first kappa shape index (κ1) is 16.4. The highest BCUT2D eigenvalue weighted by molar-refractivity contribution is 5.78. The lowest BCUT2D eigenvalue weighted by molar-refractivity contribution is -0.126. The number of nitrogens with one attached hydrogen (secondary N) is 1. The van der Waals surface area contributed by atoms with E-state index in [1.165, 1.54) is 30.4 Å². The van der Waals surface area contributed by atoms with Crippen molar-refractivity contribution in [1.82, 2.24) is 5.32 Å². The summed E-state index contributed by atoms with van der Waals surface area (Å²) in [7, 11) is 0. The van der Waals surface area contributed by atoms with Crippen molar-refractivity contribution < 1.29 is 9.53 Å². The largest absolute Gasteiger partial charge is 0.488 e. The Morgan fingerprint density at radius 2 is 1.96 bits per heavy atom. The van der Waals surface area contributed by atoms with Crippen LogP contribution >= 0.6 is 0 Å². The van der Waals surface area contributed by atoms with Crippen LogP contribution in [0.1, 0.15) is 64.0 Å². The number of hydrogen-bond acceptors (Lipinski definition) is 2. The van der Waals surface area contributed by atoms with Gasteiger partial charge in [0.05, 0.1) is 6.54 Å². The van der Waals surface area contributed by atoms with Gasteiger partial charge in [0.25, 0.3) is 0 Å². The average molecular weight is 315 g/mol. The topological polar surface area (TPSA) is 38.3 Å². The third-order valence-electron chi connectivity index (χ3n) is 5.15. The van der Waals surface area contributed by atoms with Crippen molar-refractivity contribution in [2.45, 2.75) is 70.8 Å². The highest BCUT2D eigenvalue weighted by Crippen LogP contribution is 2.33. The molecule has 1 aromatic rings. The molecule has 3 rings (SSSR count). The molecule has 0 aromatic heterocycles. The van der Waals surface area contributed by atoms with Gasteiger partial charge >= 0.3 is 0 Å². The molecule has 1 aliphatic heterocycles. The van der Waals surface area contributed by atoms with E-state index in [-0.39, 0.29) is 23.3 Å². The number of benzene rings is 1. The molecular formula is C20H29NO2. The molecule has 1 amide bonds. The predicted octanol–water partition coefficient (Wildman–Crippen LogP) is 3.98. The van der Waals surface area contributed by atoms with Crippen molar-refractivity contribution in [3.63, 3.8) is 0 Å². The van der Waals surface area contributed by atoms with E-state index in [9.17, 15) is 4.79 Å². The molecule has 2 aliphatic rings. The number of ether oxygens (including phenoxy) is 1. The summed E-state index contributed by atoms with van der Waals surface area (Å²) >= 11 is 0. The smallest absolute Gasteiger partial charge is 0.223 e. The zero-order chi connectivity index (χ0) is 16.4. The van der Waals surface area contributed by atoms with Gasteiger partial charge in [-0.1, -0.05) is 52.2 Å². The van der Waals surface area contributed by atoms with Crippen LogP contribution in [0.25, 0.3) is 0 Å². The van der Waals surface area contributed by atoms with E-state index >= 15 is 0 Å². The van der Waals surface area contributed by atoms with E-state index < -0.39 is 0 Å². The quantitative estimate of drug-likeness (QED) is 0.916. The Morgan fingerprint density at radius 1 is 1.22 bits per heavy atom.